The van der Waals surface area contributed by atoms with Crippen molar-refractivity contribution in [1.82, 2.24) is 13.9 Å². The highest BCUT2D eigenvalue weighted by molar-refractivity contribution is 6.48. The molecule has 1 aromatic heterocycles. The lowest BCUT2D eigenvalue weighted by molar-refractivity contribution is 0.00578. The van der Waals surface area contributed by atoms with Crippen LogP contribution in [0.25, 0.3) is 0 Å². The zero-order chi connectivity index (χ0) is 29.3. The molecule has 0 spiro atoms. The van der Waals surface area contributed by atoms with Crippen LogP contribution in [0.1, 0.15) is 89.2 Å². The van der Waals surface area contributed by atoms with Gasteiger partial charge < -0.3 is 18.8 Å². The Morgan fingerprint density at radius 3 is 1.80 bits per heavy atom. The van der Waals surface area contributed by atoms with Gasteiger partial charge in [-0.05, 0) is 34.1 Å². The molecule has 0 radical (unpaired) electrons. The molecule has 8 rings (SSSR count). The number of carbonyl (C=O) groups is 2. The van der Waals surface area contributed by atoms with Crippen LogP contribution in [0, 0.1) is 0 Å². The first kappa shape index (κ1) is 26.0. The van der Waals surface area contributed by atoms with Crippen LogP contribution in [0.2, 0.25) is 5.82 Å². The summed E-state index contributed by atoms with van der Waals surface area (Å²) in [7, 11) is 3.59. The fourth-order valence-electron chi connectivity index (χ4n) is 7.05. The quantitative estimate of drug-likeness (QED) is 0.352. The van der Waals surface area contributed by atoms with Gasteiger partial charge in [-0.2, -0.15) is 0 Å². The summed E-state index contributed by atoms with van der Waals surface area (Å²) in [5, 5.41) is 0. The highest BCUT2D eigenvalue weighted by atomic mass is 16.7. The number of nitrogens with zero attached hydrogens (tertiary/aromatic N) is 3. The van der Waals surface area contributed by atoms with Crippen LogP contribution < -0.4 is 20.9 Å². The van der Waals surface area contributed by atoms with Crippen molar-refractivity contribution in [1.29, 1.82) is 0 Å². The van der Waals surface area contributed by atoms with Gasteiger partial charge in [0.2, 0.25) is 0 Å². The molecule has 3 aromatic rings. The second-order valence-corrected chi connectivity index (χ2v) is 12.1. The van der Waals surface area contributed by atoms with Crippen molar-refractivity contribution in [2.45, 2.75) is 63.2 Å². The van der Waals surface area contributed by atoms with Gasteiger partial charge in [0.25, 0.3) is 0 Å². The third kappa shape index (κ3) is 3.01. The van der Waals surface area contributed by atoms with Gasteiger partial charge in [-0.15, -0.1) is 0 Å². The van der Waals surface area contributed by atoms with Crippen LogP contribution in [0.3, 0.4) is 0 Å². The van der Waals surface area contributed by atoms with E-state index in [-0.39, 0.29) is 45.3 Å². The van der Waals surface area contributed by atoms with Crippen LogP contribution in [-0.2, 0) is 16.4 Å². The monoisotopic (exact) mass is 559 g/mol. The van der Waals surface area contributed by atoms with Crippen molar-refractivity contribution >= 4 is 18.7 Å². The van der Waals surface area contributed by atoms with Crippen LogP contribution in [0.5, 0.6) is 11.5 Å². The van der Waals surface area contributed by atoms with E-state index in [2.05, 4.69) is 0 Å². The molecule has 1 fully saturated rings. The number of ether oxygens (including phenoxy) is 2. The number of aromatic nitrogens is 3. The SMILES string of the molecule is COc1c2c(c(OC)c3c1[C@@H]1C[C@H](B4OC(C)(C)C(C)(C)O4)[C@H]3n3c(=O)n(C)c(=O)n31)C(=O)c1ccccc1C2=O. The Morgan fingerprint density at radius 2 is 1.29 bits per heavy atom. The van der Waals surface area contributed by atoms with Gasteiger partial charge >= 0.3 is 18.5 Å². The largest absolute Gasteiger partial charge is 0.496 e. The number of ketones is 2. The van der Waals surface area contributed by atoms with Crippen LogP contribution in [0.4, 0.5) is 0 Å². The Kier molecular flexibility index (Phi) is 5.14. The molecule has 12 heteroatoms. The number of hydrogen-bond acceptors (Lipinski definition) is 8. The standard InChI is InChI=1S/C29H30BN3O8/c1-28(2)29(3,4)41-30(40-28)15-12-16-17-18(21(15)33-27(37)31(5)26(36)32(16)33)25(39-7)20-19(24(17)38-6)22(34)13-10-8-9-11-14(13)23(20)35/h8-11,15-16,21H,12H2,1-7H3/t15-,16-,21+/m0/s1. The van der Waals surface area contributed by atoms with Gasteiger partial charge in [-0.3, -0.25) is 9.59 Å². The summed E-state index contributed by atoms with van der Waals surface area (Å²) in [5.41, 5.74) is -0.476. The summed E-state index contributed by atoms with van der Waals surface area (Å²) in [5.74, 6) is -0.768. The molecule has 0 amide bonds. The van der Waals surface area contributed by atoms with Gasteiger partial charge in [0.15, 0.2) is 11.6 Å². The highest BCUT2D eigenvalue weighted by Gasteiger charge is 2.61. The molecule has 41 heavy (non-hydrogen) atoms. The van der Waals surface area contributed by atoms with E-state index in [4.69, 9.17) is 18.8 Å². The van der Waals surface area contributed by atoms with E-state index >= 15 is 0 Å². The molecule has 212 valence electrons. The molecule has 2 aliphatic carbocycles. The van der Waals surface area contributed by atoms with Crippen molar-refractivity contribution < 1.29 is 28.4 Å². The molecule has 0 saturated carbocycles. The lowest BCUT2D eigenvalue weighted by atomic mass is 9.57. The first-order chi connectivity index (χ1) is 19.4. The summed E-state index contributed by atoms with van der Waals surface area (Å²) >= 11 is 0. The Labute approximate surface area is 235 Å². The number of rotatable bonds is 3. The van der Waals surface area contributed by atoms with Crippen molar-refractivity contribution in [3.05, 3.63) is 78.6 Å². The van der Waals surface area contributed by atoms with Gasteiger partial charge in [-0.25, -0.2) is 23.5 Å². The molecule has 3 atom stereocenters. The summed E-state index contributed by atoms with van der Waals surface area (Å²) in [6, 6.07) is 5.12. The normalized spacial score (nSPS) is 24.6. The molecule has 0 N–H and O–H groups in total. The van der Waals surface area contributed by atoms with Gasteiger partial charge in [0, 0.05) is 35.1 Å². The lowest BCUT2D eigenvalue weighted by Crippen LogP contribution is -2.50. The molecule has 2 aromatic carbocycles. The minimum absolute atomic E-state index is 0.0879. The van der Waals surface area contributed by atoms with E-state index in [1.807, 2.05) is 27.7 Å². The van der Waals surface area contributed by atoms with E-state index in [1.165, 1.54) is 30.6 Å². The van der Waals surface area contributed by atoms with E-state index in [0.717, 1.165) is 4.57 Å². The smallest absolute Gasteiger partial charge is 0.463 e. The van der Waals surface area contributed by atoms with E-state index in [1.54, 1.807) is 24.3 Å². The first-order valence-electron chi connectivity index (χ1n) is 13.6. The lowest BCUT2D eigenvalue weighted by Gasteiger charge is -2.47. The van der Waals surface area contributed by atoms with Gasteiger partial charge in [-0.1, -0.05) is 24.3 Å². The fourth-order valence-corrected chi connectivity index (χ4v) is 7.05. The summed E-state index contributed by atoms with van der Waals surface area (Å²) in [6.07, 6.45) is 0.370. The Bertz CT molecular complexity index is 1810. The maximum absolute atomic E-state index is 14.0. The second-order valence-electron chi connectivity index (χ2n) is 12.1. The molecule has 5 aliphatic rings. The minimum Gasteiger partial charge on any atom is -0.496 e. The van der Waals surface area contributed by atoms with Crippen LogP contribution >= 0.6 is 0 Å². The predicted octanol–water partition coefficient (Wildman–Crippen LogP) is 2.50. The molecule has 2 bridgehead atoms. The Balaban J connectivity index is 1.56. The maximum Gasteiger partial charge on any atom is 0.463 e. The van der Waals surface area contributed by atoms with Crippen molar-refractivity contribution in [2.24, 2.45) is 7.05 Å². The average Bonchev–Trinajstić information content (AvgIpc) is 3.32. The molecule has 0 unspecified atom stereocenters. The minimum atomic E-state index is -0.805. The van der Waals surface area contributed by atoms with Gasteiger partial charge in [0.1, 0.15) is 11.5 Å². The molecule has 3 aliphatic heterocycles. The number of methoxy groups -OCH3 is 2. The zero-order valence-electron chi connectivity index (χ0n) is 23.9. The third-order valence-corrected chi connectivity index (χ3v) is 9.67. The molecular formula is C29H30BN3O8. The highest BCUT2D eigenvalue weighted by Crippen LogP contribution is 2.61. The Hall–Kier alpha value is -3.90. The topological polar surface area (TPSA) is 120 Å². The molecule has 4 heterocycles. The fraction of sp³-hybridized carbons (Fsp3) is 0.448. The number of hydrogen-bond donors (Lipinski definition) is 0. The van der Waals surface area contributed by atoms with E-state index in [9.17, 15) is 19.2 Å². The van der Waals surface area contributed by atoms with E-state index < -0.39 is 47.6 Å². The first-order valence-corrected chi connectivity index (χ1v) is 13.6. The van der Waals surface area contributed by atoms with Crippen LogP contribution in [-0.4, -0.2) is 58.0 Å². The summed E-state index contributed by atoms with van der Waals surface area (Å²) in [6.45, 7) is 7.81. The molecular weight excluding hydrogens is 529 g/mol. The zero-order valence-corrected chi connectivity index (χ0v) is 23.9. The Morgan fingerprint density at radius 1 is 0.805 bits per heavy atom. The van der Waals surface area contributed by atoms with Crippen molar-refractivity contribution in [2.75, 3.05) is 14.2 Å². The molecule has 11 nitrogen and oxygen atoms in total. The van der Waals surface area contributed by atoms with Crippen molar-refractivity contribution in [3.63, 3.8) is 0 Å². The average molecular weight is 559 g/mol. The molecule has 1 saturated heterocycles. The summed E-state index contributed by atoms with van der Waals surface area (Å²) in [4.78, 5) is 55.0. The number of fused-ring (bicyclic) bond motifs is 3. The van der Waals surface area contributed by atoms with Gasteiger partial charge in [0.05, 0.1) is 48.6 Å². The third-order valence-electron chi connectivity index (χ3n) is 9.67. The number of carbonyl (C=O) groups excluding carboxylic acids is 2. The van der Waals surface area contributed by atoms with Crippen molar-refractivity contribution in [3.8, 4) is 11.5 Å². The second kappa shape index (κ2) is 8.10. The number of benzene rings is 2. The summed E-state index contributed by atoms with van der Waals surface area (Å²) < 4.78 is 28.7. The van der Waals surface area contributed by atoms with Crippen LogP contribution in [0.15, 0.2) is 33.9 Å². The maximum atomic E-state index is 14.0. The predicted molar refractivity (Wildman–Crippen MR) is 148 cm³/mol. The van der Waals surface area contributed by atoms with E-state index in [0.29, 0.717) is 17.5 Å².